The number of hydrogen-bond donors (Lipinski definition) is 1. The van der Waals surface area contributed by atoms with E-state index in [4.69, 9.17) is 9.73 Å². The predicted molar refractivity (Wildman–Crippen MR) is 125 cm³/mol. The van der Waals surface area contributed by atoms with E-state index in [9.17, 15) is 14.0 Å². The summed E-state index contributed by atoms with van der Waals surface area (Å²) in [6, 6.07) is 5.89. The summed E-state index contributed by atoms with van der Waals surface area (Å²) >= 11 is 1.43. The van der Waals surface area contributed by atoms with E-state index in [1.165, 1.54) is 50.3 Å². The second kappa shape index (κ2) is 8.97. The number of benzene rings is 1. The molecule has 2 heterocycles. The molecule has 174 valence electrons. The number of thioether (sulfide) groups is 1. The average molecular weight is 470 g/mol. The van der Waals surface area contributed by atoms with Crippen molar-refractivity contribution < 1.29 is 18.7 Å². The largest absolute Gasteiger partial charge is 0.466 e. The smallest absolute Gasteiger partial charge is 0.338 e. The number of fused-ring (bicyclic) bond motifs is 3. The van der Waals surface area contributed by atoms with Crippen LogP contribution >= 0.6 is 11.8 Å². The highest BCUT2D eigenvalue weighted by Crippen LogP contribution is 2.46. The van der Waals surface area contributed by atoms with E-state index >= 15 is 0 Å². The number of carbonyl (C=O) groups excluding carboxylic acids is 2. The van der Waals surface area contributed by atoms with Crippen molar-refractivity contribution in [2.24, 2.45) is 16.8 Å². The van der Waals surface area contributed by atoms with E-state index in [1.54, 1.807) is 12.1 Å². The van der Waals surface area contributed by atoms with Gasteiger partial charge in [0.05, 0.1) is 30.8 Å². The van der Waals surface area contributed by atoms with Gasteiger partial charge < -0.3 is 15.0 Å². The highest BCUT2D eigenvalue weighted by Gasteiger charge is 2.43. The van der Waals surface area contributed by atoms with Gasteiger partial charge in [-0.05, 0) is 60.6 Å². The number of amidine groups is 1. The molecule has 0 saturated heterocycles. The number of methoxy groups -OCH3 is 1. The molecule has 0 radical (unpaired) electrons. The molecule has 2 aliphatic carbocycles. The zero-order chi connectivity index (χ0) is 23.1. The second-order valence-corrected chi connectivity index (χ2v) is 10.0. The van der Waals surface area contributed by atoms with E-state index in [-0.39, 0.29) is 24.2 Å². The van der Waals surface area contributed by atoms with Crippen LogP contribution in [0.2, 0.25) is 0 Å². The van der Waals surface area contributed by atoms with Gasteiger partial charge in [-0.3, -0.25) is 4.79 Å². The Morgan fingerprint density at radius 3 is 2.82 bits per heavy atom. The Balaban J connectivity index is 1.44. The van der Waals surface area contributed by atoms with Gasteiger partial charge in [-0.2, -0.15) is 0 Å². The first kappa shape index (κ1) is 22.2. The molecule has 0 unspecified atom stereocenters. The summed E-state index contributed by atoms with van der Waals surface area (Å²) in [5, 5.41) is 5.85. The number of nitrogens with zero attached hydrogens (tertiary/aromatic N) is 2. The Hall–Kier alpha value is -2.61. The number of rotatable bonds is 6. The van der Waals surface area contributed by atoms with Crippen LogP contribution in [-0.2, 0) is 14.3 Å². The van der Waals surface area contributed by atoms with Crippen LogP contribution in [-0.4, -0.2) is 35.1 Å². The summed E-state index contributed by atoms with van der Waals surface area (Å²) in [5.41, 5.74) is 2.38. The lowest BCUT2D eigenvalue weighted by Gasteiger charge is -2.36. The molecule has 4 atom stereocenters. The number of aliphatic imine (C=N–C) groups is 1. The van der Waals surface area contributed by atoms with Gasteiger partial charge >= 0.3 is 5.97 Å². The third kappa shape index (κ3) is 4.09. The van der Waals surface area contributed by atoms with Gasteiger partial charge in [0.2, 0.25) is 5.91 Å². The van der Waals surface area contributed by atoms with Gasteiger partial charge in [0.1, 0.15) is 5.82 Å². The zero-order valence-electron chi connectivity index (χ0n) is 18.8. The van der Waals surface area contributed by atoms with E-state index in [0.29, 0.717) is 34.3 Å². The van der Waals surface area contributed by atoms with Crippen LogP contribution in [0.3, 0.4) is 0 Å². The fourth-order valence-corrected chi connectivity index (χ4v) is 6.69. The van der Waals surface area contributed by atoms with Crippen molar-refractivity contribution in [1.29, 1.82) is 0 Å². The van der Waals surface area contributed by atoms with Crippen LogP contribution < -0.4 is 5.32 Å². The maximum absolute atomic E-state index is 14.2. The van der Waals surface area contributed by atoms with Crippen molar-refractivity contribution in [3.05, 3.63) is 58.0 Å². The first-order valence-electron chi connectivity index (χ1n) is 11.6. The van der Waals surface area contributed by atoms with Crippen molar-refractivity contribution in [1.82, 2.24) is 10.2 Å². The quantitative estimate of drug-likeness (QED) is 0.614. The Labute approximate surface area is 197 Å². The number of esters is 1. The van der Waals surface area contributed by atoms with Crippen molar-refractivity contribution in [3.8, 4) is 0 Å². The molecule has 33 heavy (non-hydrogen) atoms. The summed E-state index contributed by atoms with van der Waals surface area (Å²) in [6.07, 6.45) is 5.49. The van der Waals surface area contributed by atoms with Crippen LogP contribution in [0, 0.1) is 17.7 Å². The van der Waals surface area contributed by atoms with Gasteiger partial charge in [0.15, 0.2) is 5.17 Å². The van der Waals surface area contributed by atoms with Crippen molar-refractivity contribution in [2.45, 2.75) is 57.5 Å². The highest BCUT2D eigenvalue weighted by atomic mass is 32.2. The molecule has 1 aromatic rings. The van der Waals surface area contributed by atoms with E-state index in [1.807, 2.05) is 17.2 Å². The number of nitrogens with one attached hydrogen (secondary N) is 1. The van der Waals surface area contributed by atoms with Crippen LogP contribution in [0.15, 0.2) is 51.6 Å². The minimum Gasteiger partial charge on any atom is -0.466 e. The lowest BCUT2D eigenvalue weighted by atomic mass is 9.92. The topological polar surface area (TPSA) is 71.0 Å². The van der Waals surface area contributed by atoms with E-state index < -0.39 is 12.0 Å². The first-order chi connectivity index (χ1) is 16.0. The lowest BCUT2D eigenvalue weighted by molar-refractivity contribution is -0.136. The van der Waals surface area contributed by atoms with Gasteiger partial charge in [0, 0.05) is 11.7 Å². The molecule has 2 aliphatic heterocycles. The van der Waals surface area contributed by atoms with Crippen molar-refractivity contribution in [2.75, 3.05) is 7.11 Å². The summed E-state index contributed by atoms with van der Waals surface area (Å²) in [5.74, 6) is 0.444. The number of hydrogen-bond acceptors (Lipinski definition) is 6. The Bertz CT molecular complexity index is 1080. The van der Waals surface area contributed by atoms with Gasteiger partial charge in [-0.1, -0.05) is 37.2 Å². The standard InChI is InChI=1S/C25H28FN3O3S/c1-3-19-22(24(31)32-2)23(16-5-4-6-17(26)11-16)29-18(13-33-25(29)28-19)12-21(30)27-20-10-14-7-8-15(20)9-14/h4-6,11,13-15,20,23H,3,7-10,12H2,1-2H3,(H,27,30)/t14-,15-,20-,23-/m0/s1. The molecule has 8 heteroatoms. The minimum atomic E-state index is -0.604. The minimum absolute atomic E-state index is 0.0245. The number of amides is 1. The Morgan fingerprint density at radius 2 is 2.15 bits per heavy atom. The monoisotopic (exact) mass is 469 g/mol. The molecule has 0 aromatic heterocycles. The summed E-state index contributed by atoms with van der Waals surface area (Å²) in [7, 11) is 1.34. The summed E-state index contributed by atoms with van der Waals surface area (Å²) in [6.45, 7) is 1.93. The number of allylic oxidation sites excluding steroid dienone is 1. The van der Waals surface area contributed by atoms with Crippen molar-refractivity contribution in [3.63, 3.8) is 0 Å². The second-order valence-electron chi connectivity index (χ2n) is 9.18. The SMILES string of the molecule is CCC1=C(C(=O)OC)[C@H](c2cccc(F)c2)N2C(CC(=O)N[C@H]3C[C@H]4CC[C@H]3C4)=CSC2=N1. The Kier molecular flexibility index (Phi) is 6.03. The maximum Gasteiger partial charge on any atom is 0.338 e. The first-order valence-corrected chi connectivity index (χ1v) is 12.5. The molecule has 5 rings (SSSR count). The molecular weight excluding hydrogens is 441 g/mol. The number of carbonyl (C=O) groups is 2. The van der Waals surface area contributed by atoms with Crippen LogP contribution in [0.25, 0.3) is 0 Å². The van der Waals surface area contributed by atoms with Gasteiger partial charge in [0.25, 0.3) is 0 Å². The molecular formula is C25H28FN3O3S. The summed E-state index contributed by atoms with van der Waals surface area (Å²) < 4.78 is 19.3. The van der Waals surface area contributed by atoms with Gasteiger partial charge in [-0.25, -0.2) is 14.2 Å². The Morgan fingerprint density at radius 1 is 1.30 bits per heavy atom. The molecule has 0 spiro atoms. The zero-order valence-corrected chi connectivity index (χ0v) is 19.7. The van der Waals surface area contributed by atoms with E-state index in [2.05, 4.69) is 5.32 Å². The number of ether oxygens (including phenoxy) is 1. The molecule has 4 aliphatic rings. The van der Waals surface area contributed by atoms with Gasteiger partial charge in [-0.15, -0.1) is 0 Å². The lowest BCUT2D eigenvalue weighted by Crippen LogP contribution is -2.41. The maximum atomic E-state index is 14.2. The predicted octanol–water partition coefficient (Wildman–Crippen LogP) is 4.66. The molecule has 2 fully saturated rings. The summed E-state index contributed by atoms with van der Waals surface area (Å²) in [4.78, 5) is 32.5. The molecule has 6 nitrogen and oxygen atoms in total. The molecule has 1 N–H and O–H groups in total. The average Bonchev–Trinajstić information content (AvgIpc) is 3.53. The van der Waals surface area contributed by atoms with Crippen LogP contribution in [0.4, 0.5) is 4.39 Å². The fourth-order valence-electron chi connectivity index (χ4n) is 5.75. The van der Waals surface area contributed by atoms with Crippen molar-refractivity contribution >= 4 is 28.8 Å². The molecule has 1 aromatic carbocycles. The normalized spacial score (nSPS) is 27.9. The van der Waals surface area contributed by atoms with E-state index in [0.717, 1.165) is 18.0 Å². The van der Waals surface area contributed by atoms with Crippen LogP contribution in [0.1, 0.15) is 57.1 Å². The highest BCUT2D eigenvalue weighted by molar-refractivity contribution is 8.16. The third-order valence-corrected chi connectivity index (χ3v) is 8.11. The third-order valence-electron chi connectivity index (χ3n) is 7.22. The van der Waals surface area contributed by atoms with Crippen LogP contribution in [0.5, 0.6) is 0 Å². The fraction of sp³-hybridized carbons (Fsp3) is 0.480. The molecule has 1 amide bonds. The number of halogens is 1. The molecule has 2 saturated carbocycles. The molecule has 2 bridgehead atoms.